The van der Waals surface area contributed by atoms with E-state index < -0.39 is 9.84 Å². The summed E-state index contributed by atoms with van der Waals surface area (Å²) in [5.41, 5.74) is 0. The lowest BCUT2D eigenvalue weighted by atomic mass is 9.81. The van der Waals surface area contributed by atoms with Crippen molar-refractivity contribution in [2.75, 3.05) is 24.6 Å². The average molecular weight is 316 g/mol. The molecule has 0 aromatic rings. The van der Waals surface area contributed by atoms with Crippen molar-refractivity contribution < 1.29 is 13.2 Å². The van der Waals surface area contributed by atoms with Crippen LogP contribution in [0.4, 0.5) is 0 Å². The maximum atomic E-state index is 11.9. The van der Waals surface area contributed by atoms with Gasteiger partial charge in [-0.3, -0.25) is 4.79 Å². The first kappa shape index (κ1) is 16.7. The number of carbonyl (C=O) groups excluding carboxylic acids is 1. The summed E-state index contributed by atoms with van der Waals surface area (Å²) in [6, 6.07) is -0.224. The Labute approximate surface area is 128 Å². The molecule has 1 aliphatic heterocycles. The Balaban J connectivity index is 1.63. The lowest BCUT2D eigenvalue weighted by molar-refractivity contribution is -0.121. The molecule has 6 heteroatoms. The summed E-state index contributed by atoms with van der Waals surface area (Å²) in [6.07, 6.45) is 6.52. The molecule has 3 atom stereocenters. The second-order valence-corrected chi connectivity index (χ2v) is 8.97. The van der Waals surface area contributed by atoms with Crippen molar-refractivity contribution in [3.05, 3.63) is 0 Å². The zero-order valence-corrected chi connectivity index (χ0v) is 13.8. The quantitative estimate of drug-likeness (QED) is 0.796. The predicted molar refractivity (Wildman–Crippen MR) is 83.8 cm³/mol. The van der Waals surface area contributed by atoms with Gasteiger partial charge in [-0.05, 0) is 24.7 Å². The molecule has 0 spiro atoms. The molecule has 0 aromatic carbocycles. The van der Waals surface area contributed by atoms with E-state index in [0.717, 1.165) is 24.8 Å². The molecule has 2 N–H and O–H groups in total. The van der Waals surface area contributed by atoms with Gasteiger partial charge in [0.15, 0.2) is 9.84 Å². The normalized spacial score (nSPS) is 32.5. The van der Waals surface area contributed by atoms with Crippen LogP contribution in [-0.4, -0.2) is 45.0 Å². The largest absolute Gasteiger partial charge is 0.356 e. The van der Waals surface area contributed by atoms with Crippen LogP contribution >= 0.6 is 0 Å². The van der Waals surface area contributed by atoms with Crippen LogP contribution in [0.15, 0.2) is 0 Å². The minimum absolute atomic E-state index is 0.0338. The molecule has 1 amide bonds. The second kappa shape index (κ2) is 7.58. The van der Waals surface area contributed by atoms with E-state index in [4.69, 9.17) is 0 Å². The van der Waals surface area contributed by atoms with Gasteiger partial charge in [-0.15, -0.1) is 0 Å². The van der Waals surface area contributed by atoms with E-state index in [0.29, 0.717) is 6.54 Å². The third-order valence-electron chi connectivity index (χ3n) is 4.65. The summed E-state index contributed by atoms with van der Waals surface area (Å²) in [7, 11) is -2.96. The van der Waals surface area contributed by atoms with Crippen LogP contribution < -0.4 is 10.6 Å². The van der Waals surface area contributed by atoms with E-state index in [-0.39, 0.29) is 29.9 Å². The zero-order chi connectivity index (χ0) is 15.3. The SMILES string of the molecule is CC1CCCC(CCNC(=O)CC2CS(=O)(=O)CCN2)C1. The van der Waals surface area contributed by atoms with Gasteiger partial charge in [0.25, 0.3) is 0 Å². The van der Waals surface area contributed by atoms with E-state index in [1.165, 1.54) is 25.7 Å². The van der Waals surface area contributed by atoms with Crippen molar-refractivity contribution in [3.63, 3.8) is 0 Å². The highest BCUT2D eigenvalue weighted by Gasteiger charge is 2.26. The fourth-order valence-electron chi connectivity index (χ4n) is 3.53. The molecular weight excluding hydrogens is 288 g/mol. The summed E-state index contributed by atoms with van der Waals surface area (Å²) >= 11 is 0. The fraction of sp³-hybridized carbons (Fsp3) is 0.933. The van der Waals surface area contributed by atoms with Gasteiger partial charge in [0.2, 0.25) is 5.91 Å². The number of hydrogen-bond acceptors (Lipinski definition) is 4. The van der Waals surface area contributed by atoms with E-state index in [1.54, 1.807) is 0 Å². The van der Waals surface area contributed by atoms with Gasteiger partial charge >= 0.3 is 0 Å². The molecule has 1 heterocycles. The molecule has 5 nitrogen and oxygen atoms in total. The van der Waals surface area contributed by atoms with Crippen LogP contribution in [0.2, 0.25) is 0 Å². The molecule has 21 heavy (non-hydrogen) atoms. The van der Waals surface area contributed by atoms with Gasteiger partial charge in [-0.25, -0.2) is 8.42 Å². The molecule has 2 rings (SSSR count). The Morgan fingerprint density at radius 3 is 2.86 bits per heavy atom. The first-order chi connectivity index (χ1) is 9.94. The molecule has 1 saturated carbocycles. The van der Waals surface area contributed by atoms with Crippen molar-refractivity contribution in [2.45, 2.75) is 51.5 Å². The van der Waals surface area contributed by atoms with E-state index in [9.17, 15) is 13.2 Å². The number of carbonyl (C=O) groups is 1. The van der Waals surface area contributed by atoms with Crippen LogP contribution in [0, 0.1) is 11.8 Å². The summed E-state index contributed by atoms with van der Waals surface area (Å²) in [5, 5.41) is 6.06. The highest BCUT2D eigenvalue weighted by Crippen LogP contribution is 2.30. The van der Waals surface area contributed by atoms with Crippen molar-refractivity contribution in [1.82, 2.24) is 10.6 Å². The minimum atomic E-state index is -2.96. The maximum absolute atomic E-state index is 11.9. The van der Waals surface area contributed by atoms with Crippen molar-refractivity contribution in [1.29, 1.82) is 0 Å². The summed E-state index contributed by atoms with van der Waals surface area (Å²) in [6.45, 7) is 3.48. The highest BCUT2D eigenvalue weighted by atomic mass is 32.2. The van der Waals surface area contributed by atoms with Crippen LogP contribution in [0.3, 0.4) is 0 Å². The van der Waals surface area contributed by atoms with E-state index >= 15 is 0 Å². The van der Waals surface area contributed by atoms with E-state index in [2.05, 4.69) is 17.6 Å². The zero-order valence-electron chi connectivity index (χ0n) is 12.9. The molecule has 3 unspecified atom stereocenters. The number of nitrogens with one attached hydrogen (secondary N) is 2. The van der Waals surface area contributed by atoms with Crippen LogP contribution in [0.1, 0.15) is 45.4 Å². The van der Waals surface area contributed by atoms with E-state index in [1.807, 2.05) is 0 Å². The summed E-state index contributed by atoms with van der Waals surface area (Å²) in [5.74, 6) is 1.79. The maximum Gasteiger partial charge on any atom is 0.221 e. The Morgan fingerprint density at radius 1 is 1.33 bits per heavy atom. The molecule has 1 saturated heterocycles. The Hall–Kier alpha value is -0.620. The number of sulfone groups is 1. The third kappa shape index (κ3) is 5.94. The summed E-state index contributed by atoms with van der Waals surface area (Å²) in [4.78, 5) is 11.9. The van der Waals surface area contributed by atoms with Gasteiger partial charge in [0.05, 0.1) is 11.5 Å². The predicted octanol–water partition coefficient (Wildman–Crippen LogP) is 1.10. The molecule has 2 aliphatic rings. The van der Waals surface area contributed by atoms with Gasteiger partial charge in [-0.2, -0.15) is 0 Å². The smallest absolute Gasteiger partial charge is 0.221 e. The monoisotopic (exact) mass is 316 g/mol. The highest BCUT2D eigenvalue weighted by molar-refractivity contribution is 7.91. The van der Waals surface area contributed by atoms with Crippen LogP contribution in [0.5, 0.6) is 0 Å². The van der Waals surface area contributed by atoms with Crippen molar-refractivity contribution in [2.24, 2.45) is 11.8 Å². The molecule has 0 aromatic heterocycles. The molecular formula is C15H28N2O3S. The standard InChI is InChI=1S/C15H28N2O3S/c1-12-3-2-4-13(9-12)5-6-17-15(18)10-14-11-21(19,20)8-7-16-14/h12-14,16H,2-11H2,1H3,(H,17,18). The van der Waals surface area contributed by atoms with Crippen molar-refractivity contribution >= 4 is 15.7 Å². The average Bonchev–Trinajstić information content (AvgIpc) is 2.37. The third-order valence-corrected chi connectivity index (χ3v) is 6.39. The van der Waals surface area contributed by atoms with Gasteiger partial charge in [-0.1, -0.05) is 26.2 Å². The molecule has 0 bridgehead atoms. The minimum Gasteiger partial charge on any atom is -0.356 e. The number of amides is 1. The van der Waals surface area contributed by atoms with Crippen molar-refractivity contribution in [3.8, 4) is 0 Å². The Morgan fingerprint density at radius 2 is 2.14 bits per heavy atom. The first-order valence-corrected chi connectivity index (χ1v) is 9.97. The Kier molecular flexibility index (Phi) is 6.05. The summed E-state index contributed by atoms with van der Waals surface area (Å²) < 4.78 is 23.0. The second-order valence-electron chi connectivity index (χ2n) is 6.75. The van der Waals surface area contributed by atoms with Gasteiger partial charge in [0.1, 0.15) is 0 Å². The lowest BCUT2D eigenvalue weighted by Gasteiger charge is -2.27. The molecule has 0 radical (unpaired) electrons. The number of hydrogen-bond donors (Lipinski definition) is 2. The number of rotatable bonds is 5. The molecule has 122 valence electrons. The Bertz CT molecular complexity index is 450. The first-order valence-electron chi connectivity index (χ1n) is 8.15. The van der Waals surface area contributed by atoms with Crippen LogP contribution in [-0.2, 0) is 14.6 Å². The van der Waals surface area contributed by atoms with Gasteiger partial charge < -0.3 is 10.6 Å². The van der Waals surface area contributed by atoms with Gasteiger partial charge in [0, 0.05) is 25.6 Å². The fourth-order valence-corrected chi connectivity index (χ4v) is 4.98. The molecule has 2 fully saturated rings. The lowest BCUT2D eigenvalue weighted by Crippen LogP contribution is -2.47. The molecule has 1 aliphatic carbocycles. The van der Waals surface area contributed by atoms with Crippen LogP contribution in [0.25, 0.3) is 0 Å². The topological polar surface area (TPSA) is 75.3 Å².